The van der Waals surface area contributed by atoms with Gasteiger partial charge in [0.2, 0.25) is 0 Å². The quantitative estimate of drug-likeness (QED) is 0.727. The molecule has 0 spiro atoms. The number of anilines is 2. The highest BCUT2D eigenvalue weighted by atomic mass is 35.5. The fourth-order valence-electron chi connectivity index (χ4n) is 3.28. The fraction of sp³-hybridized carbons (Fsp3) is 0.300. The van der Waals surface area contributed by atoms with Crippen LogP contribution in [0.1, 0.15) is 5.56 Å². The Hall–Kier alpha value is -2.64. The molecule has 3 amide bonds. The third-order valence-electron chi connectivity index (χ3n) is 4.77. The Balaban J connectivity index is 1.46. The summed E-state index contributed by atoms with van der Waals surface area (Å²) in [5.41, 5.74) is 2.31. The van der Waals surface area contributed by atoms with E-state index in [1.807, 2.05) is 25.1 Å². The minimum atomic E-state index is -0.734. The number of piperazine rings is 1. The van der Waals surface area contributed by atoms with Gasteiger partial charge in [-0.05, 0) is 36.8 Å². The lowest BCUT2D eigenvalue weighted by molar-refractivity contribution is -0.892. The smallest absolute Gasteiger partial charge is 0.326 e. The maximum atomic E-state index is 13.5. The molecule has 1 saturated heterocycles. The SMILES string of the molecule is Cc1ccc(Cl)cc1N1CC[NH+](CC(=O)NC(=O)Nc2ccccc2F)CC1. The summed E-state index contributed by atoms with van der Waals surface area (Å²) in [6.45, 7) is 5.37. The molecule has 2 aromatic carbocycles. The van der Waals surface area contributed by atoms with Crippen molar-refractivity contribution in [1.29, 1.82) is 0 Å². The molecule has 148 valence electrons. The highest BCUT2D eigenvalue weighted by Crippen LogP contribution is 2.24. The number of benzene rings is 2. The normalized spacial score (nSPS) is 14.6. The van der Waals surface area contributed by atoms with E-state index < -0.39 is 17.8 Å². The molecular weight excluding hydrogens is 383 g/mol. The first-order chi connectivity index (χ1) is 13.4. The number of hydrogen-bond donors (Lipinski definition) is 3. The van der Waals surface area contributed by atoms with Crippen LogP contribution < -0.4 is 20.4 Å². The van der Waals surface area contributed by atoms with Gasteiger partial charge in [0.05, 0.1) is 31.9 Å². The summed E-state index contributed by atoms with van der Waals surface area (Å²) >= 11 is 6.10. The molecule has 1 aliphatic rings. The molecule has 0 radical (unpaired) electrons. The van der Waals surface area contributed by atoms with E-state index in [4.69, 9.17) is 11.6 Å². The minimum absolute atomic E-state index is 0.0330. The zero-order valence-electron chi connectivity index (χ0n) is 15.6. The van der Waals surface area contributed by atoms with E-state index in [2.05, 4.69) is 15.5 Å². The first kappa shape index (κ1) is 20.1. The van der Waals surface area contributed by atoms with Gasteiger partial charge in [0.25, 0.3) is 5.91 Å². The Morgan fingerprint density at radius 1 is 1.18 bits per heavy atom. The number of rotatable bonds is 4. The molecular formula is C20H23ClFN4O2+. The van der Waals surface area contributed by atoms with Crippen LogP contribution in [0.4, 0.5) is 20.6 Å². The number of nitrogens with one attached hydrogen (secondary N) is 3. The van der Waals surface area contributed by atoms with E-state index in [1.165, 1.54) is 18.2 Å². The second kappa shape index (κ2) is 9.03. The average Bonchev–Trinajstić information content (AvgIpc) is 2.66. The standard InChI is InChI=1S/C20H22ClFN4O2/c1-14-6-7-15(21)12-18(14)26-10-8-25(9-11-26)13-19(27)24-20(28)23-17-5-3-2-4-16(17)22/h2-7,12H,8-11,13H2,1H3,(H2,23,24,27,28)/p+1. The second-order valence-electron chi connectivity index (χ2n) is 6.83. The summed E-state index contributed by atoms with van der Waals surface area (Å²) in [5.74, 6) is -0.945. The van der Waals surface area contributed by atoms with E-state index >= 15 is 0 Å². The van der Waals surface area contributed by atoms with Crippen molar-refractivity contribution in [3.05, 3.63) is 58.9 Å². The van der Waals surface area contributed by atoms with Crippen LogP contribution in [0, 0.1) is 12.7 Å². The maximum Gasteiger partial charge on any atom is 0.326 e. The monoisotopic (exact) mass is 405 g/mol. The molecule has 0 atom stereocenters. The number of hydrogen-bond acceptors (Lipinski definition) is 3. The number of para-hydroxylation sites is 1. The Kier molecular flexibility index (Phi) is 6.49. The van der Waals surface area contributed by atoms with Crippen molar-refractivity contribution in [2.24, 2.45) is 0 Å². The van der Waals surface area contributed by atoms with Crippen LogP contribution in [0.5, 0.6) is 0 Å². The van der Waals surface area contributed by atoms with Gasteiger partial charge >= 0.3 is 6.03 Å². The average molecular weight is 406 g/mol. The van der Waals surface area contributed by atoms with Crippen molar-refractivity contribution in [1.82, 2.24) is 5.32 Å². The van der Waals surface area contributed by atoms with Gasteiger partial charge in [0, 0.05) is 10.7 Å². The van der Waals surface area contributed by atoms with Gasteiger partial charge in [-0.1, -0.05) is 29.8 Å². The second-order valence-corrected chi connectivity index (χ2v) is 7.26. The number of aryl methyl sites for hydroxylation is 1. The minimum Gasteiger partial charge on any atom is -0.360 e. The Morgan fingerprint density at radius 2 is 1.89 bits per heavy atom. The molecule has 0 unspecified atom stereocenters. The van der Waals surface area contributed by atoms with Crippen molar-refractivity contribution < 1.29 is 18.9 Å². The molecule has 6 nitrogen and oxygen atoms in total. The number of halogens is 2. The van der Waals surface area contributed by atoms with E-state index in [9.17, 15) is 14.0 Å². The predicted octanol–water partition coefficient (Wildman–Crippen LogP) is 1.84. The number of imide groups is 1. The van der Waals surface area contributed by atoms with Crippen LogP contribution >= 0.6 is 11.6 Å². The van der Waals surface area contributed by atoms with Gasteiger partial charge in [-0.2, -0.15) is 0 Å². The summed E-state index contributed by atoms with van der Waals surface area (Å²) in [5, 5.41) is 5.30. The topological polar surface area (TPSA) is 65.9 Å². The molecule has 3 rings (SSSR count). The molecule has 1 heterocycles. The summed E-state index contributed by atoms with van der Waals surface area (Å²) in [4.78, 5) is 27.4. The lowest BCUT2D eigenvalue weighted by Crippen LogP contribution is -3.16. The van der Waals surface area contributed by atoms with Crippen molar-refractivity contribution in [3.63, 3.8) is 0 Å². The molecule has 1 aliphatic heterocycles. The zero-order chi connectivity index (χ0) is 20.1. The molecule has 28 heavy (non-hydrogen) atoms. The zero-order valence-corrected chi connectivity index (χ0v) is 16.4. The van der Waals surface area contributed by atoms with Gasteiger partial charge in [-0.25, -0.2) is 9.18 Å². The van der Waals surface area contributed by atoms with Crippen LogP contribution in [0.3, 0.4) is 0 Å². The Morgan fingerprint density at radius 3 is 2.61 bits per heavy atom. The van der Waals surface area contributed by atoms with E-state index in [0.717, 1.165) is 42.3 Å². The summed E-state index contributed by atoms with van der Waals surface area (Å²) < 4.78 is 13.5. The Labute approximate surface area is 168 Å². The van der Waals surface area contributed by atoms with E-state index in [1.54, 1.807) is 6.07 Å². The van der Waals surface area contributed by atoms with Gasteiger partial charge in [-0.15, -0.1) is 0 Å². The first-order valence-corrected chi connectivity index (χ1v) is 9.50. The van der Waals surface area contributed by atoms with Gasteiger partial charge in [0.1, 0.15) is 5.82 Å². The molecule has 3 N–H and O–H groups in total. The van der Waals surface area contributed by atoms with Gasteiger partial charge in [0.15, 0.2) is 6.54 Å². The molecule has 0 aromatic heterocycles. The van der Waals surface area contributed by atoms with Gasteiger partial charge in [-0.3, -0.25) is 10.1 Å². The number of carbonyl (C=O) groups excluding carboxylic acids is 2. The molecule has 8 heteroatoms. The number of urea groups is 1. The molecule has 0 aliphatic carbocycles. The number of quaternary nitrogens is 1. The number of nitrogens with zero attached hydrogens (tertiary/aromatic N) is 1. The molecule has 0 saturated carbocycles. The lowest BCUT2D eigenvalue weighted by atomic mass is 10.1. The fourth-order valence-corrected chi connectivity index (χ4v) is 3.44. The molecule has 1 fully saturated rings. The Bertz CT molecular complexity index is 869. The van der Waals surface area contributed by atoms with Crippen molar-refractivity contribution in [2.45, 2.75) is 6.92 Å². The van der Waals surface area contributed by atoms with E-state index in [0.29, 0.717) is 5.02 Å². The van der Waals surface area contributed by atoms with Crippen LogP contribution in [0.2, 0.25) is 5.02 Å². The summed E-state index contributed by atoms with van der Waals surface area (Å²) in [6, 6.07) is 10.9. The van der Waals surface area contributed by atoms with Gasteiger partial charge < -0.3 is 15.1 Å². The van der Waals surface area contributed by atoms with Crippen LogP contribution in [0.15, 0.2) is 42.5 Å². The van der Waals surface area contributed by atoms with E-state index in [-0.39, 0.29) is 12.2 Å². The number of amides is 3. The third kappa shape index (κ3) is 5.21. The van der Waals surface area contributed by atoms with Crippen LogP contribution in [-0.4, -0.2) is 44.7 Å². The summed E-state index contributed by atoms with van der Waals surface area (Å²) in [6.07, 6.45) is 0. The van der Waals surface area contributed by atoms with Crippen molar-refractivity contribution >= 4 is 34.9 Å². The molecule has 0 bridgehead atoms. The highest BCUT2D eigenvalue weighted by Gasteiger charge is 2.24. The van der Waals surface area contributed by atoms with Crippen LogP contribution in [-0.2, 0) is 4.79 Å². The van der Waals surface area contributed by atoms with Crippen molar-refractivity contribution in [2.75, 3.05) is 42.9 Å². The highest BCUT2D eigenvalue weighted by molar-refractivity contribution is 6.30. The van der Waals surface area contributed by atoms with Crippen molar-refractivity contribution in [3.8, 4) is 0 Å². The van der Waals surface area contributed by atoms with Crippen LogP contribution in [0.25, 0.3) is 0 Å². The third-order valence-corrected chi connectivity index (χ3v) is 5.00. The predicted molar refractivity (Wildman–Crippen MR) is 108 cm³/mol. The lowest BCUT2D eigenvalue weighted by Gasteiger charge is -2.34. The number of carbonyl (C=O) groups is 2. The summed E-state index contributed by atoms with van der Waals surface area (Å²) in [7, 11) is 0. The largest absolute Gasteiger partial charge is 0.360 e. The molecule has 2 aromatic rings. The maximum absolute atomic E-state index is 13.5. The first-order valence-electron chi connectivity index (χ1n) is 9.12.